The molecule has 9 aromatic carbocycles. The van der Waals surface area contributed by atoms with E-state index in [0.717, 1.165) is 61.0 Å². The third-order valence-corrected chi connectivity index (χ3v) is 10.1. The van der Waals surface area contributed by atoms with Crippen LogP contribution in [0.5, 0.6) is 0 Å². The minimum atomic E-state index is 0.637. The molecule has 0 aliphatic heterocycles. The van der Waals surface area contributed by atoms with E-state index in [0.29, 0.717) is 5.89 Å². The van der Waals surface area contributed by atoms with Crippen molar-refractivity contribution in [3.63, 3.8) is 0 Å². The van der Waals surface area contributed by atoms with Gasteiger partial charge in [0.2, 0.25) is 5.89 Å². The van der Waals surface area contributed by atoms with Gasteiger partial charge in [0.15, 0.2) is 5.58 Å². The fourth-order valence-electron chi connectivity index (χ4n) is 7.41. The summed E-state index contributed by atoms with van der Waals surface area (Å²) in [5.41, 5.74) is 10.7. The summed E-state index contributed by atoms with van der Waals surface area (Å²) < 4.78 is 6.27. The predicted octanol–water partition coefficient (Wildman–Crippen LogP) is 13.8. The van der Waals surface area contributed by atoms with Gasteiger partial charge in [-0.3, -0.25) is 0 Å². The first-order valence-corrected chi connectivity index (χ1v) is 17.6. The normalized spacial score (nSPS) is 11.5. The molecule has 0 amide bonds. The molecule has 3 nitrogen and oxygen atoms in total. The first-order chi connectivity index (χ1) is 25.7. The number of benzene rings is 9. The lowest BCUT2D eigenvalue weighted by atomic mass is 9.96. The Balaban J connectivity index is 1.06. The SMILES string of the molecule is c1ccc(-c2ccc(N(c3ccc(-c4ccc5ccc6ccc7oc(-c8ccccc8)nc7c6c5c4)cc3)c3ccc4ccccc4c3)cc2)cc1. The van der Waals surface area contributed by atoms with Gasteiger partial charge in [-0.25, -0.2) is 4.98 Å². The number of anilines is 3. The molecule has 1 aromatic heterocycles. The molecule has 0 spiro atoms. The molecule has 0 saturated heterocycles. The number of rotatable bonds is 6. The van der Waals surface area contributed by atoms with Crippen LogP contribution in [-0.2, 0) is 0 Å². The average molecular weight is 665 g/mol. The van der Waals surface area contributed by atoms with Crippen molar-refractivity contribution in [2.45, 2.75) is 0 Å². The molecule has 0 N–H and O–H groups in total. The summed E-state index contributed by atoms with van der Waals surface area (Å²) in [4.78, 5) is 7.36. The summed E-state index contributed by atoms with van der Waals surface area (Å²) in [6.07, 6.45) is 0. The van der Waals surface area contributed by atoms with Gasteiger partial charge in [-0.05, 0) is 110 Å². The van der Waals surface area contributed by atoms with Crippen molar-refractivity contribution < 1.29 is 4.42 Å². The Labute approximate surface area is 301 Å². The highest BCUT2D eigenvalue weighted by Gasteiger charge is 2.16. The Morgan fingerprint density at radius 3 is 1.62 bits per heavy atom. The maximum Gasteiger partial charge on any atom is 0.227 e. The van der Waals surface area contributed by atoms with E-state index < -0.39 is 0 Å². The van der Waals surface area contributed by atoms with Gasteiger partial charge in [-0.1, -0.05) is 133 Å². The summed E-state index contributed by atoms with van der Waals surface area (Å²) in [6.45, 7) is 0. The number of aromatic nitrogens is 1. The zero-order valence-corrected chi connectivity index (χ0v) is 28.3. The lowest BCUT2D eigenvalue weighted by Crippen LogP contribution is -2.09. The monoisotopic (exact) mass is 664 g/mol. The maximum absolute atomic E-state index is 6.27. The maximum atomic E-state index is 6.27. The molecular formula is C49H32N2O. The molecule has 0 bridgehead atoms. The van der Waals surface area contributed by atoms with Crippen molar-refractivity contribution in [3.8, 4) is 33.7 Å². The standard InChI is InChI=1S/C49H32N2O/c1-3-9-33(10-4-1)35-19-25-42(26-20-35)51(44-29-23-34-11-7-8-14-40(34)31-44)43-27-21-36(22-28-43)41-18-16-37-15-17-38-24-30-46-48(47(38)45(37)32-41)50-49(52-46)39-12-5-2-6-13-39/h1-32H. The lowest BCUT2D eigenvalue weighted by molar-refractivity contribution is 0.620. The van der Waals surface area contributed by atoms with Crippen LogP contribution in [0.25, 0.3) is 77.1 Å². The summed E-state index contributed by atoms with van der Waals surface area (Å²) in [5.74, 6) is 0.637. The van der Waals surface area contributed by atoms with E-state index in [9.17, 15) is 0 Å². The fraction of sp³-hybridized carbons (Fsp3) is 0. The summed E-state index contributed by atoms with van der Waals surface area (Å²) in [7, 11) is 0. The molecule has 1 heterocycles. The lowest BCUT2D eigenvalue weighted by Gasteiger charge is -2.26. The Morgan fingerprint density at radius 2 is 0.885 bits per heavy atom. The van der Waals surface area contributed by atoms with E-state index in [1.807, 2.05) is 36.4 Å². The van der Waals surface area contributed by atoms with Crippen LogP contribution >= 0.6 is 0 Å². The molecular weight excluding hydrogens is 633 g/mol. The summed E-state index contributed by atoms with van der Waals surface area (Å²) in [5, 5.41) is 7.03. The van der Waals surface area contributed by atoms with E-state index in [1.54, 1.807) is 0 Å². The second kappa shape index (κ2) is 12.4. The molecule has 0 atom stereocenters. The first kappa shape index (κ1) is 29.9. The van der Waals surface area contributed by atoms with Crippen molar-refractivity contribution in [1.82, 2.24) is 4.98 Å². The highest BCUT2D eigenvalue weighted by Crippen LogP contribution is 2.40. The quantitative estimate of drug-likeness (QED) is 0.166. The second-order valence-corrected chi connectivity index (χ2v) is 13.2. The predicted molar refractivity (Wildman–Crippen MR) is 218 cm³/mol. The molecule has 0 radical (unpaired) electrons. The van der Waals surface area contributed by atoms with Gasteiger partial charge in [-0.15, -0.1) is 0 Å². The van der Waals surface area contributed by atoms with Crippen molar-refractivity contribution in [3.05, 3.63) is 194 Å². The molecule has 10 rings (SSSR count). The van der Waals surface area contributed by atoms with Crippen LogP contribution in [0.2, 0.25) is 0 Å². The van der Waals surface area contributed by atoms with Gasteiger partial charge in [0.1, 0.15) is 5.52 Å². The van der Waals surface area contributed by atoms with E-state index in [4.69, 9.17) is 9.40 Å². The first-order valence-electron chi connectivity index (χ1n) is 17.6. The van der Waals surface area contributed by atoms with Crippen LogP contribution in [0.1, 0.15) is 0 Å². The highest BCUT2D eigenvalue weighted by molar-refractivity contribution is 6.19. The highest BCUT2D eigenvalue weighted by atomic mass is 16.3. The van der Waals surface area contributed by atoms with Crippen LogP contribution in [0.4, 0.5) is 17.1 Å². The number of nitrogens with zero attached hydrogens (tertiary/aromatic N) is 2. The summed E-state index contributed by atoms with van der Waals surface area (Å²) >= 11 is 0. The largest absolute Gasteiger partial charge is 0.436 e. The van der Waals surface area contributed by atoms with Gasteiger partial charge in [-0.2, -0.15) is 0 Å². The second-order valence-electron chi connectivity index (χ2n) is 13.2. The number of fused-ring (bicyclic) bond motifs is 6. The van der Waals surface area contributed by atoms with Gasteiger partial charge in [0.05, 0.1) is 0 Å². The Bertz CT molecular complexity index is 2880. The molecule has 3 heteroatoms. The van der Waals surface area contributed by atoms with Gasteiger partial charge >= 0.3 is 0 Å². The molecule has 52 heavy (non-hydrogen) atoms. The van der Waals surface area contributed by atoms with Crippen LogP contribution < -0.4 is 4.90 Å². The Kier molecular flexibility index (Phi) is 7.14. The van der Waals surface area contributed by atoms with Crippen molar-refractivity contribution in [2.75, 3.05) is 4.90 Å². The third kappa shape index (κ3) is 5.28. The van der Waals surface area contributed by atoms with Crippen LogP contribution in [0.15, 0.2) is 199 Å². The summed E-state index contributed by atoms with van der Waals surface area (Å²) in [6, 6.07) is 68.9. The number of oxazole rings is 1. The van der Waals surface area contributed by atoms with Crippen LogP contribution in [0.3, 0.4) is 0 Å². The molecule has 244 valence electrons. The van der Waals surface area contributed by atoms with E-state index in [2.05, 4.69) is 163 Å². The van der Waals surface area contributed by atoms with E-state index in [1.165, 1.54) is 27.3 Å². The number of hydrogen-bond donors (Lipinski definition) is 0. The molecule has 10 aromatic rings. The van der Waals surface area contributed by atoms with Crippen molar-refractivity contribution in [1.29, 1.82) is 0 Å². The van der Waals surface area contributed by atoms with E-state index in [-0.39, 0.29) is 0 Å². The molecule has 0 saturated carbocycles. The topological polar surface area (TPSA) is 29.3 Å². The Hall–Kier alpha value is -6.97. The van der Waals surface area contributed by atoms with Crippen LogP contribution in [-0.4, -0.2) is 4.98 Å². The average Bonchev–Trinajstić information content (AvgIpc) is 3.67. The molecule has 0 unspecified atom stereocenters. The van der Waals surface area contributed by atoms with Crippen molar-refractivity contribution in [2.24, 2.45) is 0 Å². The third-order valence-electron chi connectivity index (χ3n) is 10.1. The van der Waals surface area contributed by atoms with Gasteiger partial charge in [0, 0.05) is 28.0 Å². The zero-order valence-electron chi connectivity index (χ0n) is 28.3. The minimum Gasteiger partial charge on any atom is -0.436 e. The van der Waals surface area contributed by atoms with E-state index >= 15 is 0 Å². The van der Waals surface area contributed by atoms with Gasteiger partial charge < -0.3 is 9.32 Å². The smallest absolute Gasteiger partial charge is 0.227 e. The fourth-order valence-corrected chi connectivity index (χ4v) is 7.41. The zero-order chi connectivity index (χ0) is 34.4. The molecule has 0 aliphatic rings. The van der Waals surface area contributed by atoms with Crippen molar-refractivity contribution >= 4 is 60.5 Å². The minimum absolute atomic E-state index is 0.637. The molecule has 0 aliphatic carbocycles. The van der Waals surface area contributed by atoms with Crippen LogP contribution in [0, 0.1) is 0 Å². The van der Waals surface area contributed by atoms with Gasteiger partial charge in [0.25, 0.3) is 0 Å². The number of hydrogen-bond acceptors (Lipinski definition) is 3. The molecule has 0 fully saturated rings. The Morgan fingerprint density at radius 1 is 0.365 bits per heavy atom.